The Morgan fingerprint density at radius 1 is 1.37 bits per heavy atom. The molecule has 0 saturated heterocycles. The molecule has 0 radical (unpaired) electrons. The molecule has 1 aromatic rings. The lowest BCUT2D eigenvalue weighted by atomic mass is 10.4. The van der Waals surface area contributed by atoms with Crippen LogP contribution in [-0.4, -0.2) is 33.6 Å². The first-order valence-electron chi connectivity index (χ1n) is 4.94. The number of aromatic nitrogens is 1. The second kappa shape index (κ2) is 5.02. The van der Waals surface area contributed by atoms with Gasteiger partial charge in [-0.25, -0.2) is 26.5 Å². The molecule has 0 fully saturated rings. The molecule has 1 unspecified atom stereocenters. The van der Waals surface area contributed by atoms with Crippen molar-refractivity contribution in [2.75, 3.05) is 5.75 Å². The fourth-order valence-electron chi connectivity index (χ4n) is 1.47. The molecule has 0 bridgehead atoms. The van der Waals surface area contributed by atoms with E-state index in [2.05, 4.69) is 9.71 Å². The lowest BCUT2D eigenvalue weighted by Crippen LogP contribution is -2.35. The van der Waals surface area contributed by atoms with E-state index in [1.807, 2.05) is 0 Å². The Hall–Kier alpha value is -0.670. The summed E-state index contributed by atoms with van der Waals surface area (Å²) in [6, 6.07) is 0.344. The topological polar surface area (TPSA) is 93.2 Å². The summed E-state index contributed by atoms with van der Waals surface area (Å²) < 4.78 is 48.6. The molecule has 1 aromatic heterocycles. The van der Waals surface area contributed by atoms with Crippen molar-refractivity contribution in [3.8, 4) is 0 Å². The lowest BCUT2D eigenvalue weighted by molar-refractivity contribution is 0.574. The van der Waals surface area contributed by atoms with E-state index in [0.29, 0.717) is 0 Å². The number of halogens is 2. The molecule has 19 heavy (non-hydrogen) atoms. The van der Waals surface area contributed by atoms with E-state index in [-0.39, 0.29) is 20.8 Å². The molecule has 1 aliphatic heterocycles. The molecule has 0 aromatic carbocycles. The van der Waals surface area contributed by atoms with Crippen molar-refractivity contribution in [2.45, 2.75) is 10.9 Å². The van der Waals surface area contributed by atoms with Crippen molar-refractivity contribution in [1.29, 1.82) is 0 Å². The van der Waals surface area contributed by atoms with Gasteiger partial charge in [-0.15, -0.1) is 0 Å². The highest BCUT2D eigenvalue weighted by atomic mass is 35.5. The maximum atomic E-state index is 12.0. The Balaban J connectivity index is 2.24. The third-order valence-electron chi connectivity index (χ3n) is 2.32. The summed E-state index contributed by atoms with van der Waals surface area (Å²) in [5.41, 5.74) is 0. The number of sulfonamides is 1. The van der Waals surface area contributed by atoms with E-state index < -0.39 is 25.9 Å². The maximum absolute atomic E-state index is 12.0. The van der Waals surface area contributed by atoms with Crippen LogP contribution in [0.4, 0.5) is 0 Å². The third kappa shape index (κ3) is 3.46. The van der Waals surface area contributed by atoms with Crippen LogP contribution in [0, 0.1) is 0 Å². The number of nitrogens with one attached hydrogen (secondary N) is 1. The number of rotatable bonds is 3. The van der Waals surface area contributed by atoms with Crippen LogP contribution in [-0.2, 0) is 19.9 Å². The smallest absolute Gasteiger partial charge is 0.242 e. The highest BCUT2D eigenvalue weighted by molar-refractivity contribution is 7.94. The van der Waals surface area contributed by atoms with Crippen molar-refractivity contribution in [3.05, 3.63) is 33.9 Å². The molecule has 1 N–H and O–H groups in total. The lowest BCUT2D eigenvalue weighted by Gasteiger charge is -2.10. The summed E-state index contributed by atoms with van der Waals surface area (Å²) in [6.45, 7) is 0. The zero-order chi connectivity index (χ0) is 14.3. The fourth-order valence-corrected chi connectivity index (χ4v) is 4.30. The van der Waals surface area contributed by atoms with Crippen LogP contribution in [0.1, 0.15) is 0 Å². The maximum Gasteiger partial charge on any atom is 0.242 e. The van der Waals surface area contributed by atoms with Gasteiger partial charge in [0.05, 0.1) is 16.8 Å². The predicted octanol–water partition coefficient (Wildman–Crippen LogP) is 0.977. The largest absolute Gasteiger partial charge is 0.242 e. The average molecular weight is 343 g/mol. The van der Waals surface area contributed by atoms with Gasteiger partial charge < -0.3 is 0 Å². The van der Waals surface area contributed by atoms with Gasteiger partial charge >= 0.3 is 0 Å². The minimum atomic E-state index is -3.90. The Labute approximate surface area is 120 Å². The van der Waals surface area contributed by atoms with Gasteiger partial charge in [0.15, 0.2) is 9.84 Å². The Kier molecular flexibility index (Phi) is 3.90. The Morgan fingerprint density at radius 3 is 2.58 bits per heavy atom. The van der Waals surface area contributed by atoms with E-state index in [0.717, 1.165) is 17.7 Å². The minimum Gasteiger partial charge on any atom is -0.242 e. The zero-order valence-electron chi connectivity index (χ0n) is 9.25. The van der Waals surface area contributed by atoms with Gasteiger partial charge in [-0.1, -0.05) is 29.3 Å². The van der Waals surface area contributed by atoms with Crippen LogP contribution < -0.4 is 4.72 Å². The highest BCUT2D eigenvalue weighted by Gasteiger charge is 2.27. The van der Waals surface area contributed by atoms with Gasteiger partial charge in [-0.3, -0.25) is 0 Å². The number of pyridine rings is 1. The molecule has 0 saturated carbocycles. The van der Waals surface area contributed by atoms with Crippen LogP contribution in [0.2, 0.25) is 10.2 Å². The van der Waals surface area contributed by atoms with E-state index >= 15 is 0 Å². The summed E-state index contributed by atoms with van der Waals surface area (Å²) in [5, 5.41) is 0.968. The standard InChI is InChI=1S/C9H8Cl2N2O4S2/c10-8-3-7(4-12-9(8)11)19(16,17)13-6-1-2-18(14,15)5-6/h1-4,6,13H,5H2. The molecule has 0 spiro atoms. The fraction of sp³-hybridized carbons (Fsp3) is 0.222. The first-order chi connectivity index (χ1) is 8.70. The molecule has 1 aliphatic rings. The summed E-state index contributed by atoms with van der Waals surface area (Å²) in [4.78, 5) is 3.45. The number of sulfone groups is 1. The first kappa shape index (κ1) is 14.7. The number of hydrogen-bond donors (Lipinski definition) is 1. The third-order valence-corrected chi connectivity index (χ3v) is 5.86. The second-order valence-electron chi connectivity index (χ2n) is 3.83. The predicted molar refractivity (Wildman–Crippen MR) is 71.3 cm³/mol. The monoisotopic (exact) mass is 342 g/mol. The summed E-state index contributed by atoms with van der Waals surface area (Å²) in [5.74, 6) is -0.305. The van der Waals surface area contributed by atoms with Crippen LogP contribution in [0.5, 0.6) is 0 Å². The van der Waals surface area contributed by atoms with Crippen molar-refractivity contribution in [2.24, 2.45) is 0 Å². The van der Waals surface area contributed by atoms with Crippen molar-refractivity contribution in [1.82, 2.24) is 9.71 Å². The SMILES string of the molecule is O=S1(=O)C=CC(NS(=O)(=O)c2cnc(Cl)c(Cl)c2)C1. The molecule has 2 rings (SSSR count). The van der Waals surface area contributed by atoms with E-state index in [1.54, 1.807) is 0 Å². The molecular weight excluding hydrogens is 335 g/mol. The molecule has 2 heterocycles. The van der Waals surface area contributed by atoms with Gasteiger partial charge in [0.25, 0.3) is 0 Å². The summed E-state index contributed by atoms with van der Waals surface area (Å²) >= 11 is 11.3. The van der Waals surface area contributed by atoms with Crippen molar-refractivity contribution < 1.29 is 16.8 Å². The van der Waals surface area contributed by atoms with Crippen LogP contribution in [0.25, 0.3) is 0 Å². The van der Waals surface area contributed by atoms with Gasteiger partial charge in [0.2, 0.25) is 10.0 Å². The average Bonchev–Trinajstić information content (AvgIpc) is 2.61. The summed E-state index contributed by atoms with van der Waals surface area (Å²) in [7, 11) is -7.24. The van der Waals surface area contributed by atoms with Crippen LogP contribution in [0.3, 0.4) is 0 Å². The Morgan fingerprint density at radius 2 is 2.05 bits per heavy atom. The highest BCUT2D eigenvalue weighted by Crippen LogP contribution is 2.22. The van der Waals surface area contributed by atoms with Gasteiger partial charge in [-0.05, 0) is 6.07 Å². The van der Waals surface area contributed by atoms with E-state index in [1.165, 1.54) is 6.08 Å². The van der Waals surface area contributed by atoms with Crippen LogP contribution in [0.15, 0.2) is 28.6 Å². The van der Waals surface area contributed by atoms with Gasteiger partial charge in [-0.2, -0.15) is 0 Å². The number of nitrogens with zero attached hydrogens (tertiary/aromatic N) is 1. The van der Waals surface area contributed by atoms with Crippen LogP contribution >= 0.6 is 23.2 Å². The van der Waals surface area contributed by atoms with Gasteiger partial charge in [0, 0.05) is 11.6 Å². The summed E-state index contributed by atoms with van der Waals surface area (Å²) in [6.07, 6.45) is 2.32. The van der Waals surface area contributed by atoms with E-state index in [9.17, 15) is 16.8 Å². The molecule has 10 heteroatoms. The van der Waals surface area contributed by atoms with Gasteiger partial charge in [0.1, 0.15) is 10.0 Å². The molecule has 6 nitrogen and oxygen atoms in total. The molecule has 1 atom stereocenters. The number of hydrogen-bond acceptors (Lipinski definition) is 5. The first-order valence-corrected chi connectivity index (χ1v) is 8.89. The second-order valence-corrected chi connectivity index (χ2v) is 8.24. The molecule has 0 amide bonds. The minimum absolute atomic E-state index is 0.000808. The quantitative estimate of drug-likeness (QED) is 0.826. The molecule has 104 valence electrons. The normalized spacial score (nSPS) is 21.7. The zero-order valence-corrected chi connectivity index (χ0v) is 12.4. The van der Waals surface area contributed by atoms with Crippen molar-refractivity contribution >= 4 is 43.1 Å². The molecular formula is C9H8Cl2N2O4S2. The van der Waals surface area contributed by atoms with E-state index in [4.69, 9.17) is 23.2 Å². The molecule has 0 aliphatic carbocycles. The Bertz CT molecular complexity index is 743. The van der Waals surface area contributed by atoms with Crippen molar-refractivity contribution in [3.63, 3.8) is 0 Å².